The molecule has 0 aliphatic carbocycles. The van der Waals surface area contributed by atoms with Crippen molar-refractivity contribution in [1.82, 2.24) is 10.6 Å². The van der Waals surface area contributed by atoms with Crippen molar-refractivity contribution in [3.05, 3.63) is 35.9 Å². The minimum absolute atomic E-state index is 0.173. The predicted molar refractivity (Wildman–Crippen MR) is 96.0 cm³/mol. The molecular weight excluding hydrogens is 316 g/mol. The number of nitrogens with two attached hydrogens (primary N) is 2. The van der Waals surface area contributed by atoms with Crippen molar-refractivity contribution < 1.29 is 14.7 Å². The zero-order valence-electron chi connectivity index (χ0n) is 13.5. The predicted octanol–water partition coefficient (Wildman–Crippen LogP) is 0.371. The Labute approximate surface area is 142 Å². The maximum Gasteiger partial charge on any atom is 0.322 e. The highest BCUT2D eigenvalue weighted by molar-refractivity contribution is 7.80. The van der Waals surface area contributed by atoms with Gasteiger partial charge in [0, 0.05) is 6.54 Å². The molecule has 0 heterocycles. The lowest BCUT2D eigenvalue weighted by atomic mass is 10.2. The number of carbonyl (C=O) groups is 2. The van der Waals surface area contributed by atoms with Crippen LogP contribution in [0.3, 0.4) is 0 Å². The summed E-state index contributed by atoms with van der Waals surface area (Å²) in [5.41, 5.74) is 11.3. The first kappa shape index (κ1) is 23.1. The van der Waals surface area contributed by atoms with Crippen LogP contribution in [0.1, 0.15) is 18.9 Å². The van der Waals surface area contributed by atoms with E-state index in [1.165, 1.54) is 5.56 Å². The second-order valence-corrected chi connectivity index (χ2v) is 4.76. The molecule has 0 bridgehead atoms. The van der Waals surface area contributed by atoms with E-state index in [-0.39, 0.29) is 13.1 Å². The molecule has 0 aliphatic rings. The molecule has 0 radical (unpaired) electrons. The van der Waals surface area contributed by atoms with Crippen molar-refractivity contribution in [2.75, 3.05) is 19.6 Å². The fourth-order valence-electron chi connectivity index (χ4n) is 1.03. The molecule has 0 atom stereocenters. The highest BCUT2D eigenvalue weighted by Crippen LogP contribution is 1.92. The summed E-state index contributed by atoms with van der Waals surface area (Å²) in [5, 5.41) is 13.3. The van der Waals surface area contributed by atoms with Gasteiger partial charge in [-0.05, 0) is 25.6 Å². The number of carboxylic acids is 1. The van der Waals surface area contributed by atoms with Gasteiger partial charge in [-0.15, -0.1) is 0 Å². The smallest absolute Gasteiger partial charge is 0.322 e. The quantitative estimate of drug-likeness (QED) is 0.489. The summed E-state index contributed by atoms with van der Waals surface area (Å²) in [4.78, 5) is 20.0. The molecule has 0 fully saturated rings. The lowest BCUT2D eigenvalue weighted by Crippen LogP contribution is -2.34. The third kappa shape index (κ3) is 22.2. The first-order chi connectivity index (χ1) is 10.8. The van der Waals surface area contributed by atoms with E-state index in [0.29, 0.717) is 5.11 Å². The standard InChI is InChI=1S/C7H8.C4H8N2O3.C4H10N2S/c1-7-5-3-2-4-6-7;5-1-3(7)6-2-4(8)9;1-2-3-6-4(5)7/h2-6H,1H3;1-2,5H2,(H,6,7)(H,8,9);2-3H2,1H3,(H3,5,6,7). The zero-order chi connectivity index (χ0) is 18.1. The Morgan fingerprint density at radius 2 is 1.78 bits per heavy atom. The fourth-order valence-corrected chi connectivity index (χ4v) is 1.13. The van der Waals surface area contributed by atoms with E-state index in [0.717, 1.165) is 13.0 Å². The zero-order valence-corrected chi connectivity index (χ0v) is 14.4. The molecule has 1 amide bonds. The van der Waals surface area contributed by atoms with Crippen molar-refractivity contribution >= 4 is 29.2 Å². The molecule has 7 nitrogen and oxygen atoms in total. The normalized spacial score (nSPS) is 8.48. The molecule has 7 N–H and O–H groups in total. The first-order valence-corrected chi connectivity index (χ1v) is 7.47. The van der Waals surface area contributed by atoms with E-state index in [4.69, 9.17) is 16.6 Å². The van der Waals surface area contributed by atoms with Crippen LogP contribution in [0.4, 0.5) is 0 Å². The van der Waals surface area contributed by atoms with Gasteiger partial charge in [-0.2, -0.15) is 0 Å². The number of hydrogen-bond acceptors (Lipinski definition) is 4. The van der Waals surface area contributed by atoms with E-state index < -0.39 is 11.9 Å². The molecule has 0 unspecified atom stereocenters. The van der Waals surface area contributed by atoms with Crippen molar-refractivity contribution in [3.63, 3.8) is 0 Å². The Hall–Kier alpha value is -2.19. The SMILES string of the molecule is CCCNC(N)=S.Cc1ccccc1.NCC(=O)NCC(=O)O. The van der Waals surface area contributed by atoms with E-state index in [1.54, 1.807) is 0 Å². The molecule has 8 heteroatoms. The van der Waals surface area contributed by atoms with E-state index in [9.17, 15) is 9.59 Å². The summed E-state index contributed by atoms with van der Waals surface area (Å²) in [6, 6.07) is 10.3. The van der Waals surface area contributed by atoms with Crippen LogP contribution in [-0.4, -0.2) is 41.7 Å². The Bertz CT molecular complexity index is 455. The van der Waals surface area contributed by atoms with Crippen LogP contribution in [0.5, 0.6) is 0 Å². The van der Waals surface area contributed by atoms with Crippen molar-refractivity contribution in [3.8, 4) is 0 Å². The second-order valence-electron chi connectivity index (χ2n) is 4.32. The van der Waals surface area contributed by atoms with Crippen molar-refractivity contribution in [1.29, 1.82) is 0 Å². The lowest BCUT2D eigenvalue weighted by molar-refractivity contribution is -0.137. The van der Waals surface area contributed by atoms with Crippen molar-refractivity contribution in [2.24, 2.45) is 11.5 Å². The molecule has 23 heavy (non-hydrogen) atoms. The van der Waals surface area contributed by atoms with Gasteiger partial charge in [0.25, 0.3) is 0 Å². The molecule has 0 saturated carbocycles. The number of thiocarbonyl (C=S) groups is 1. The van der Waals surface area contributed by atoms with Gasteiger partial charge in [0.15, 0.2) is 5.11 Å². The van der Waals surface area contributed by atoms with Crippen LogP contribution >= 0.6 is 12.2 Å². The van der Waals surface area contributed by atoms with Crippen LogP contribution in [0.25, 0.3) is 0 Å². The fraction of sp³-hybridized carbons (Fsp3) is 0.400. The van der Waals surface area contributed by atoms with Crippen LogP contribution in [-0.2, 0) is 9.59 Å². The van der Waals surface area contributed by atoms with Crippen LogP contribution < -0.4 is 22.1 Å². The monoisotopic (exact) mass is 342 g/mol. The number of carboxylic acid groups (broad SMARTS) is 1. The van der Waals surface area contributed by atoms with Gasteiger partial charge in [-0.25, -0.2) is 0 Å². The summed E-state index contributed by atoms with van der Waals surface area (Å²) in [6.07, 6.45) is 1.07. The third-order valence-electron chi connectivity index (χ3n) is 2.11. The first-order valence-electron chi connectivity index (χ1n) is 7.06. The minimum Gasteiger partial charge on any atom is -0.480 e. The molecule has 1 aromatic carbocycles. The van der Waals surface area contributed by atoms with Gasteiger partial charge in [0.1, 0.15) is 6.54 Å². The Morgan fingerprint density at radius 3 is 2.04 bits per heavy atom. The van der Waals surface area contributed by atoms with Gasteiger partial charge in [0.2, 0.25) is 5.91 Å². The molecule has 0 aromatic heterocycles. The largest absolute Gasteiger partial charge is 0.480 e. The van der Waals surface area contributed by atoms with Gasteiger partial charge < -0.3 is 27.2 Å². The number of aryl methyl sites for hydroxylation is 1. The van der Waals surface area contributed by atoms with E-state index in [2.05, 4.69) is 48.8 Å². The highest BCUT2D eigenvalue weighted by atomic mass is 32.1. The van der Waals surface area contributed by atoms with Crippen molar-refractivity contribution in [2.45, 2.75) is 20.3 Å². The summed E-state index contributed by atoms with van der Waals surface area (Å²) in [5.74, 6) is -1.53. The lowest BCUT2D eigenvalue weighted by Gasteiger charge is -1.96. The Balaban J connectivity index is 0. The number of hydrogen-bond donors (Lipinski definition) is 5. The average molecular weight is 342 g/mol. The summed E-state index contributed by atoms with van der Waals surface area (Å²) in [6.45, 7) is 4.49. The molecule has 1 aromatic rings. The number of nitrogens with one attached hydrogen (secondary N) is 2. The number of aliphatic carboxylic acids is 1. The van der Waals surface area contributed by atoms with Crippen LogP contribution in [0, 0.1) is 6.92 Å². The van der Waals surface area contributed by atoms with Gasteiger partial charge in [0.05, 0.1) is 6.54 Å². The topological polar surface area (TPSA) is 130 Å². The third-order valence-corrected chi connectivity index (χ3v) is 2.26. The van der Waals surface area contributed by atoms with Crippen LogP contribution in [0.15, 0.2) is 30.3 Å². The number of benzene rings is 1. The van der Waals surface area contributed by atoms with Crippen LogP contribution in [0.2, 0.25) is 0 Å². The molecule has 0 saturated heterocycles. The maximum absolute atomic E-state index is 10.2. The molecule has 0 spiro atoms. The molecular formula is C15H26N4O3S. The highest BCUT2D eigenvalue weighted by Gasteiger charge is 1.98. The Morgan fingerprint density at radius 1 is 1.22 bits per heavy atom. The Kier molecular flexibility index (Phi) is 16.2. The maximum atomic E-state index is 10.2. The van der Waals surface area contributed by atoms with Gasteiger partial charge in [-0.1, -0.05) is 42.8 Å². The molecule has 0 aliphatic heterocycles. The number of carbonyl (C=O) groups excluding carboxylic acids is 1. The number of amides is 1. The summed E-state index contributed by atoms with van der Waals surface area (Å²) in [7, 11) is 0. The molecule has 130 valence electrons. The van der Waals surface area contributed by atoms with Gasteiger partial charge in [-0.3, -0.25) is 9.59 Å². The van der Waals surface area contributed by atoms with E-state index in [1.807, 2.05) is 18.2 Å². The summed E-state index contributed by atoms with van der Waals surface area (Å²) < 4.78 is 0. The average Bonchev–Trinajstić information content (AvgIpc) is 2.52. The van der Waals surface area contributed by atoms with Gasteiger partial charge >= 0.3 is 5.97 Å². The molecule has 1 rings (SSSR count). The summed E-state index contributed by atoms with van der Waals surface area (Å²) >= 11 is 4.53. The van der Waals surface area contributed by atoms with E-state index >= 15 is 0 Å². The second kappa shape index (κ2) is 16.2. The number of rotatable bonds is 5. The minimum atomic E-state index is -1.07.